The molecule has 1 atom stereocenters. The molecule has 4 heteroatoms. The number of benzene rings is 1. The summed E-state index contributed by atoms with van der Waals surface area (Å²) in [5.41, 5.74) is 3.91. The summed E-state index contributed by atoms with van der Waals surface area (Å²) in [6, 6.07) is 7.23. The second kappa shape index (κ2) is 6.06. The highest BCUT2D eigenvalue weighted by atomic mass is 16.5. The molecule has 1 unspecified atom stereocenters. The third kappa shape index (κ3) is 3.38. The van der Waals surface area contributed by atoms with Crippen molar-refractivity contribution >= 4 is 5.96 Å². The molecule has 0 bridgehead atoms. The van der Waals surface area contributed by atoms with Crippen LogP contribution in [0.3, 0.4) is 0 Å². The van der Waals surface area contributed by atoms with Gasteiger partial charge in [-0.25, -0.2) is 0 Å². The monoisotopic (exact) mass is 287 g/mol. The Morgan fingerprint density at radius 3 is 2.81 bits per heavy atom. The van der Waals surface area contributed by atoms with Crippen molar-refractivity contribution in [3.8, 4) is 0 Å². The van der Waals surface area contributed by atoms with Crippen LogP contribution in [0, 0.1) is 13.8 Å². The maximum atomic E-state index is 6.01. The molecule has 1 heterocycles. The van der Waals surface area contributed by atoms with Gasteiger partial charge in [0.15, 0.2) is 5.96 Å². The molecular weight excluding hydrogens is 262 g/mol. The maximum absolute atomic E-state index is 6.01. The molecule has 4 nitrogen and oxygen atoms in total. The van der Waals surface area contributed by atoms with E-state index in [9.17, 15) is 0 Å². The average molecular weight is 287 g/mol. The number of guanidine groups is 1. The Kier molecular flexibility index (Phi) is 4.15. The smallest absolute Gasteiger partial charge is 0.194 e. The van der Waals surface area contributed by atoms with Crippen LogP contribution >= 0.6 is 0 Å². The van der Waals surface area contributed by atoms with Gasteiger partial charge in [-0.1, -0.05) is 23.8 Å². The number of aryl methyl sites for hydroxylation is 2. The first-order chi connectivity index (χ1) is 10.2. The van der Waals surface area contributed by atoms with Gasteiger partial charge in [-0.2, -0.15) is 0 Å². The highest BCUT2D eigenvalue weighted by Gasteiger charge is 2.28. The van der Waals surface area contributed by atoms with E-state index in [1.54, 1.807) is 0 Å². The molecule has 2 aliphatic rings. The number of ether oxygens (including phenoxy) is 1. The molecule has 21 heavy (non-hydrogen) atoms. The molecule has 1 N–H and O–H groups in total. The molecular formula is C17H25N3O. The molecule has 1 aliphatic carbocycles. The van der Waals surface area contributed by atoms with Crippen molar-refractivity contribution in [1.82, 2.24) is 10.2 Å². The van der Waals surface area contributed by atoms with Gasteiger partial charge in [0, 0.05) is 19.6 Å². The van der Waals surface area contributed by atoms with Crippen LogP contribution in [-0.4, -0.2) is 43.6 Å². The Morgan fingerprint density at radius 2 is 2.14 bits per heavy atom. The van der Waals surface area contributed by atoms with Gasteiger partial charge in [0.1, 0.15) is 6.10 Å². The summed E-state index contributed by atoms with van der Waals surface area (Å²) in [4.78, 5) is 6.76. The summed E-state index contributed by atoms with van der Waals surface area (Å²) in [6.07, 6.45) is 2.67. The van der Waals surface area contributed by atoms with Gasteiger partial charge < -0.3 is 15.0 Å². The number of morpholine rings is 1. The Balaban J connectivity index is 1.72. The molecule has 0 radical (unpaired) electrons. The zero-order valence-electron chi connectivity index (χ0n) is 13.2. The lowest BCUT2D eigenvalue weighted by Crippen LogP contribution is -2.48. The predicted octanol–water partition coefficient (Wildman–Crippen LogP) is 2.41. The largest absolute Gasteiger partial charge is 0.370 e. The minimum Gasteiger partial charge on any atom is -0.370 e. The highest BCUT2D eigenvalue weighted by molar-refractivity contribution is 5.80. The summed E-state index contributed by atoms with van der Waals surface area (Å²) in [5.74, 6) is 1.02. The van der Waals surface area contributed by atoms with E-state index >= 15 is 0 Å². The molecule has 1 aromatic carbocycles. The Bertz CT molecular complexity index is 537. The van der Waals surface area contributed by atoms with Crippen molar-refractivity contribution in [2.45, 2.75) is 38.8 Å². The predicted molar refractivity (Wildman–Crippen MR) is 85.7 cm³/mol. The molecule has 1 aliphatic heterocycles. The lowest BCUT2D eigenvalue weighted by atomic mass is 10.00. The quantitative estimate of drug-likeness (QED) is 0.670. The Morgan fingerprint density at radius 1 is 1.33 bits per heavy atom. The van der Waals surface area contributed by atoms with Crippen LogP contribution in [0.4, 0.5) is 0 Å². The third-order valence-corrected chi connectivity index (χ3v) is 4.26. The molecule has 0 amide bonds. The summed E-state index contributed by atoms with van der Waals surface area (Å²) in [6.45, 7) is 6.83. The minimum atomic E-state index is 0.136. The SMILES string of the molecule is CN=C(NC1CC1)N1CCOC(c2ccc(C)cc2C)C1. The normalized spacial score (nSPS) is 23.3. The lowest BCUT2D eigenvalue weighted by Gasteiger charge is -2.36. The van der Waals surface area contributed by atoms with Crippen molar-refractivity contribution in [3.05, 3.63) is 34.9 Å². The molecule has 114 valence electrons. The Hall–Kier alpha value is -1.55. The van der Waals surface area contributed by atoms with Crippen molar-refractivity contribution < 1.29 is 4.74 Å². The molecule has 1 saturated heterocycles. The molecule has 2 fully saturated rings. The molecule has 3 rings (SSSR count). The van der Waals surface area contributed by atoms with Crippen LogP contribution < -0.4 is 5.32 Å². The van der Waals surface area contributed by atoms with Crippen LogP contribution in [0.25, 0.3) is 0 Å². The van der Waals surface area contributed by atoms with Gasteiger partial charge in [-0.15, -0.1) is 0 Å². The van der Waals surface area contributed by atoms with Crippen LogP contribution in [0.5, 0.6) is 0 Å². The fourth-order valence-electron chi connectivity index (χ4n) is 2.92. The van der Waals surface area contributed by atoms with E-state index in [1.165, 1.54) is 29.5 Å². The summed E-state index contributed by atoms with van der Waals surface area (Å²) in [5, 5.41) is 3.53. The maximum Gasteiger partial charge on any atom is 0.194 e. The average Bonchev–Trinajstić information content (AvgIpc) is 3.29. The van der Waals surface area contributed by atoms with Crippen LogP contribution in [0.1, 0.15) is 35.6 Å². The van der Waals surface area contributed by atoms with Crippen molar-refractivity contribution in [3.63, 3.8) is 0 Å². The van der Waals surface area contributed by atoms with Gasteiger partial charge in [0.25, 0.3) is 0 Å². The van der Waals surface area contributed by atoms with Crippen LogP contribution in [-0.2, 0) is 4.74 Å². The van der Waals surface area contributed by atoms with E-state index < -0.39 is 0 Å². The van der Waals surface area contributed by atoms with Gasteiger partial charge >= 0.3 is 0 Å². The first-order valence-corrected chi connectivity index (χ1v) is 7.84. The molecule has 0 spiro atoms. The van der Waals surface area contributed by atoms with E-state index in [4.69, 9.17) is 4.74 Å². The first kappa shape index (κ1) is 14.4. The van der Waals surface area contributed by atoms with Crippen LogP contribution in [0.2, 0.25) is 0 Å². The van der Waals surface area contributed by atoms with Crippen molar-refractivity contribution in [1.29, 1.82) is 0 Å². The number of rotatable bonds is 2. The lowest BCUT2D eigenvalue weighted by molar-refractivity contribution is -0.00834. The molecule has 0 aromatic heterocycles. The van der Waals surface area contributed by atoms with Gasteiger partial charge in [-0.3, -0.25) is 4.99 Å². The second-order valence-electron chi connectivity index (χ2n) is 6.13. The van der Waals surface area contributed by atoms with Crippen molar-refractivity contribution in [2.24, 2.45) is 4.99 Å². The standard InChI is InChI=1S/C17H25N3O/c1-12-4-7-15(13(2)10-12)16-11-20(8-9-21-16)17(18-3)19-14-5-6-14/h4,7,10,14,16H,5-6,8-9,11H2,1-3H3,(H,18,19). The minimum absolute atomic E-state index is 0.136. The highest BCUT2D eigenvalue weighted by Crippen LogP contribution is 2.26. The Labute approximate surface area is 127 Å². The van der Waals surface area contributed by atoms with Crippen LogP contribution in [0.15, 0.2) is 23.2 Å². The fourth-order valence-corrected chi connectivity index (χ4v) is 2.92. The molecule has 1 aromatic rings. The van der Waals surface area contributed by atoms with Gasteiger partial charge in [0.2, 0.25) is 0 Å². The van der Waals surface area contributed by atoms with E-state index in [-0.39, 0.29) is 6.10 Å². The number of nitrogens with zero attached hydrogens (tertiary/aromatic N) is 2. The number of aliphatic imine (C=N–C) groups is 1. The van der Waals surface area contributed by atoms with E-state index in [0.29, 0.717) is 6.04 Å². The zero-order chi connectivity index (χ0) is 14.8. The van der Waals surface area contributed by atoms with E-state index in [0.717, 1.165) is 25.7 Å². The van der Waals surface area contributed by atoms with Crippen molar-refractivity contribution in [2.75, 3.05) is 26.7 Å². The third-order valence-electron chi connectivity index (χ3n) is 4.26. The summed E-state index contributed by atoms with van der Waals surface area (Å²) in [7, 11) is 1.87. The molecule has 1 saturated carbocycles. The first-order valence-electron chi connectivity index (χ1n) is 7.84. The zero-order valence-corrected chi connectivity index (χ0v) is 13.2. The number of hydrogen-bond donors (Lipinski definition) is 1. The number of nitrogens with one attached hydrogen (secondary N) is 1. The van der Waals surface area contributed by atoms with E-state index in [2.05, 4.69) is 47.3 Å². The fraction of sp³-hybridized carbons (Fsp3) is 0.588. The summed E-state index contributed by atoms with van der Waals surface area (Å²) < 4.78 is 6.01. The van der Waals surface area contributed by atoms with E-state index in [1.807, 2.05) is 7.05 Å². The topological polar surface area (TPSA) is 36.9 Å². The number of hydrogen-bond acceptors (Lipinski definition) is 2. The van der Waals surface area contributed by atoms with Gasteiger partial charge in [-0.05, 0) is 37.8 Å². The second-order valence-corrected chi connectivity index (χ2v) is 6.13. The summed E-state index contributed by atoms with van der Waals surface area (Å²) >= 11 is 0. The van der Waals surface area contributed by atoms with Gasteiger partial charge in [0.05, 0.1) is 13.2 Å².